The Hall–Kier alpha value is -0.830. The molecule has 2 saturated carbocycles. The van der Waals surface area contributed by atoms with E-state index in [9.17, 15) is 26.4 Å². The quantitative estimate of drug-likeness (QED) is 0.753. The fraction of sp³-hybridized carbons (Fsp3) is 0.889. The lowest BCUT2D eigenvalue weighted by molar-refractivity contribution is -0.123. The molecule has 18 heavy (non-hydrogen) atoms. The van der Waals surface area contributed by atoms with E-state index in [-0.39, 0.29) is 19.3 Å². The Bertz CT molecular complexity index is 477. The van der Waals surface area contributed by atoms with Gasteiger partial charge in [0, 0.05) is 18.8 Å². The smallest absolute Gasteiger partial charge is 0.270 e. The number of carbonyl (C=O) groups excluding carboxylic acids is 1. The molecule has 0 aromatic rings. The van der Waals surface area contributed by atoms with Crippen molar-refractivity contribution in [3.05, 3.63) is 0 Å². The Kier molecular flexibility index (Phi) is 2.89. The van der Waals surface area contributed by atoms with E-state index in [1.54, 1.807) is 4.72 Å². The Morgan fingerprint density at radius 1 is 1.39 bits per heavy atom. The van der Waals surface area contributed by atoms with E-state index < -0.39 is 38.8 Å². The molecule has 104 valence electrons. The zero-order valence-electron chi connectivity index (χ0n) is 9.54. The fourth-order valence-electron chi connectivity index (χ4n) is 1.93. The van der Waals surface area contributed by atoms with Crippen molar-refractivity contribution in [2.75, 3.05) is 7.05 Å². The van der Waals surface area contributed by atoms with Crippen molar-refractivity contribution in [1.82, 2.24) is 10.0 Å². The maximum Gasteiger partial charge on any atom is 0.270 e. The Morgan fingerprint density at radius 2 is 1.94 bits per heavy atom. The lowest BCUT2D eigenvalue weighted by Crippen LogP contribution is -2.51. The fourth-order valence-corrected chi connectivity index (χ4v) is 3.17. The number of halogens is 3. The van der Waals surface area contributed by atoms with E-state index in [2.05, 4.69) is 5.32 Å². The van der Waals surface area contributed by atoms with Gasteiger partial charge in [0.1, 0.15) is 5.54 Å². The van der Waals surface area contributed by atoms with Gasteiger partial charge in [0.15, 0.2) is 0 Å². The summed E-state index contributed by atoms with van der Waals surface area (Å²) in [6, 6.07) is 0. The molecule has 0 spiro atoms. The van der Waals surface area contributed by atoms with Crippen molar-refractivity contribution < 1.29 is 26.4 Å². The van der Waals surface area contributed by atoms with Gasteiger partial charge in [0.25, 0.3) is 15.9 Å². The summed E-state index contributed by atoms with van der Waals surface area (Å²) in [4.78, 5) is 11.7. The second kappa shape index (κ2) is 3.83. The number of carbonyl (C=O) groups is 1. The molecule has 2 atom stereocenters. The maximum atomic E-state index is 13.4. The van der Waals surface area contributed by atoms with Crippen LogP contribution in [-0.4, -0.2) is 38.3 Å². The van der Waals surface area contributed by atoms with Crippen LogP contribution in [0.5, 0.6) is 0 Å². The van der Waals surface area contributed by atoms with E-state index in [0.717, 1.165) is 0 Å². The third kappa shape index (κ3) is 1.89. The number of amides is 1. The molecule has 1 amide bonds. The molecular weight excluding hydrogens is 273 g/mol. The molecule has 0 radical (unpaired) electrons. The summed E-state index contributed by atoms with van der Waals surface area (Å²) in [6.07, 6.45) is -3.26. The van der Waals surface area contributed by atoms with Crippen LogP contribution in [-0.2, 0) is 14.8 Å². The summed E-state index contributed by atoms with van der Waals surface area (Å²) >= 11 is 0. The van der Waals surface area contributed by atoms with Gasteiger partial charge >= 0.3 is 0 Å². The molecule has 0 bridgehead atoms. The van der Waals surface area contributed by atoms with E-state index in [1.807, 2.05) is 0 Å². The van der Waals surface area contributed by atoms with Crippen molar-refractivity contribution in [2.45, 2.75) is 36.2 Å². The predicted molar refractivity (Wildman–Crippen MR) is 56.0 cm³/mol. The summed E-state index contributed by atoms with van der Waals surface area (Å²) in [5.41, 5.74) is -1.60. The summed E-state index contributed by atoms with van der Waals surface area (Å²) in [7, 11) is -3.15. The van der Waals surface area contributed by atoms with Gasteiger partial charge in [0.05, 0.1) is 0 Å². The molecule has 0 aromatic heterocycles. The minimum absolute atomic E-state index is 0.165. The lowest BCUT2D eigenvalue weighted by atomic mass is 10.2. The van der Waals surface area contributed by atoms with Crippen LogP contribution in [0.4, 0.5) is 13.2 Å². The molecule has 0 heterocycles. The minimum atomic E-state index is -4.44. The molecule has 2 aliphatic carbocycles. The van der Waals surface area contributed by atoms with Crippen LogP contribution in [0.25, 0.3) is 0 Å². The van der Waals surface area contributed by atoms with Gasteiger partial charge < -0.3 is 5.32 Å². The van der Waals surface area contributed by atoms with Crippen LogP contribution in [0, 0.1) is 5.92 Å². The molecule has 0 saturated heterocycles. The van der Waals surface area contributed by atoms with Gasteiger partial charge in [-0.1, -0.05) is 0 Å². The molecule has 0 aliphatic heterocycles. The summed E-state index contributed by atoms with van der Waals surface area (Å²) in [5.74, 6) is -2.35. The van der Waals surface area contributed by atoms with Crippen LogP contribution in [0.3, 0.4) is 0 Å². The maximum absolute atomic E-state index is 13.4. The van der Waals surface area contributed by atoms with Gasteiger partial charge in [-0.2, -0.15) is 0 Å². The lowest BCUT2D eigenvalue weighted by Gasteiger charge is -2.17. The van der Waals surface area contributed by atoms with E-state index in [4.69, 9.17) is 0 Å². The number of likely N-dealkylation sites (N-methyl/N-ethyl adjacent to an activating group) is 1. The largest absolute Gasteiger partial charge is 0.306 e. The average Bonchev–Trinajstić information content (AvgIpc) is 3.11. The highest BCUT2D eigenvalue weighted by molar-refractivity contribution is 7.91. The highest BCUT2D eigenvalue weighted by atomic mass is 32.2. The average molecular weight is 286 g/mol. The van der Waals surface area contributed by atoms with Crippen LogP contribution >= 0.6 is 0 Å². The van der Waals surface area contributed by atoms with Gasteiger partial charge in [-0.15, -0.1) is 0 Å². The second-order valence-corrected chi connectivity index (χ2v) is 6.63. The normalized spacial score (nSPS) is 33.3. The monoisotopic (exact) mass is 286 g/mol. The standard InChI is InChI=1S/C9H13F3N2O3S/c1-13-9(4-5(9)6(10)11)7(15)14-18(16,17)8(12)2-3-8/h5-6,13H,2-4H2,1H3,(H,14,15)/t5-,9+/m0/s1. The summed E-state index contributed by atoms with van der Waals surface area (Å²) < 4.78 is 62.9. The first-order chi connectivity index (χ1) is 8.18. The van der Waals surface area contributed by atoms with Crippen molar-refractivity contribution in [3.8, 4) is 0 Å². The van der Waals surface area contributed by atoms with Crippen molar-refractivity contribution in [3.63, 3.8) is 0 Å². The second-order valence-electron chi connectivity index (χ2n) is 4.68. The molecule has 2 aliphatic rings. The third-order valence-corrected chi connectivity index (χ3v) is 5.35. The molecule has 5 nitrogen and oxygen atoms in total. The number of hydrogen-bond acceptors (Lipinski definition) is 4. The van der Waals surface area contributed by atoms with Gasteiger partial charge in [-0.3, -0.25) is 4.79 Å². The SMILES string of the molecule is CN[C@]1(C(=O)NS(=O)(=O)C2(F)CC2)C[C@H]1C(F)F. The van der Waals surface area contributed by atoms with Crippen molar-refractivity contribution >= 4 is 15.9 Å². The molecular formula is C9H13F3N2O3S. The number of hydrogen-bond donors (Lipinski definition) is 2. The summed E-state index contributed by atoms with van der Waals surface area (Å²) in [5, 5.41) is -0.0247. The first kappa shape index (κ1) is 13.6. The van der Waals surface area contributed by atoms with Crippen molar-refractivity contribution in [1.29, 1.82) is 0 Å². The topological polar surface area (TPSA) is 75.3 Å². The number of nitrogens with one attached hydrogen (secondary N) is 2. The highest BCUT2D eigenvalue weighted by Crippen LogP contribution is 2.49. The zero-order chi connectivity index (χ0) is 13.8. The Morgan fingerprint density at radius 3 is 2.28 bits per heavy atom. The zero-order valence-corrected chi connectivity index (χ0v) is 10.4. The Labute approximate surface area is 102 Å². The third-order valence-electron chi connectivity index (χ3n) is 3.52. The molecule has 9 heteroatoms. The summed E-state index contributed by atoms with van der Waals surface area (Å²) in [6.45, 7) is 0. The van der Waals surface area contributed by atoms with Crippen LogP contribution in [0.2, 0.25) is 0 Å². The number of sulfonamides is 1. The molecule has 2 N–H and O–H groups in total. The van der Waals surface area contributed by atoms with E-state index in [1.165, 1.54) is 7.05 Å². The van der Waals surface area contributed by atoms with Crippen LogP contribution < -0.4 is 10.0 Å². The molecule has 2 fully saturated rings. The van der Waals surface area contributed by atoms with Gasteiger partial charge in [-0.05, 0) is 13.5 Å². The molecule has 0 aromatic carbocycles. The first-order valence-corrected chi connectivity index (χ1v) is 6.90. The van der Waals surface area contributed by atoms with E-state index in [0.29, 0.717) is 0 Å². The van der Waals surface area contributed by atoms with Gasteiger partial charge in [0.2, 0.25) is 11.4 Å². The van der Waals surface area contributed by atoms with E-state index >= 15 is 0 Å². The molecule has 0 unspecified atom stereocenters. The van der Waals surface area contributed by atoms with Crippen LogP contribution in [0.15, 0.2) is 0 Å². The highest BCUT2D eigenvalue weighted by Gasteiger charge is 2.65. The minimum Gasteiger partial charge on any atom is -0.306 e. The number of rotatable bonds is 5. The number of alkyl halides is 3. The Balaban J connectivity index is 2.09. The van der Waals surface area contributed by atoms with Crippen molar-refractivity contribution in [2.24, 2.45) is 5.92 Å². The predicted octanol–water partition coefficient (Wildman–Crippen LogP) is 0.135. The molecule has 2 rings (SSSR count). The first-order valence-electron chi connectivity index (χ1n) is 5.41. The van der Waals surface area contributed by atoms with Gasteiger partial charge in [-0.25, -0.2) is 26.3 Å². The van der Waals surface area contributed by atoms with Crippen LogP contribution in [0.1, 0.15) is 19.3 Å².